The maximum absolute atomic E-state index is 12.9. The fourth-order valence-electron chi connectivity index (χ4n) is 2.15. The number of amides is 1. The highest BCUT2D eigenvalue weighted by atomic mass is 32.2. The molecule has 0 aliphatic heterocycles. The molecule has 140 valence electrons. The quantitative estimate of drug-likeness (QED) is 0.695. The van der Waals surface area contributed by atoms with E-state index < -0.39 is 16.1 Å². The van der Waals surface area contributed by atoms with Gasteiger partial charge < -0.3 is 5.11 Å². The van der Waals surface area contributed by atoms with Crippen molar-refractivity contribution in [2.24, 2.45) is 0 Å². The Bertz CT molecular complexity index is 923. The van der Waals surface area contributed by atoms with Crippen LogP contribution in [-0.4, -0.2) is 43.3 Å². The molecule has 2 rings (SSSR count). The summed E-state index contributed by atoms with van der Waals surface area (Å²) in [4.78, 5) is 22.3. The number of carbonyl (C=O) groups excluding carboxylic acids is 1. The Labute approximate surface area is 154 Å². The molecule has 0 bridgehead atoms. The molecule has 1 aromatic carbocycles. The first-order chi connectivity index (χ1) is 12.1. The van der Waals surface area contributed by atoms with E-state index in [4.69, 9.17) is 5.11 Å². The van der Waals surface area contributed by atoms with Crippen LogP contribution in [0.1, 0.15) is 22.2 Å². The van der Waals surface area contributed by atoms with E-state index in [9.17, 15) is 22.4 Å². The van der Waals surface area contributed by atoms with Crippen molar-refractivity contribution in [2.75, 3.05) is 18.9 Å². The predicted octanol–water partition coefficient (Wildman–Crippen LogP) is 3.04. The van der Waals surface area contributed by atoms with E-state index in [0.717, 1.165) is 21.2 Å². The number of sulfonamides is 1. The lowest BCUT2D eigenvalue weighted by molar-refractivity contribution is 0.102. The van der Waals surface area contributed by atoms with Crippen LogP contribution >= 0.6 is 11.3 Å². The third kappa shape index (κ3) is 4.65. The van der Waals surface area contributed by atoms with E-state index in [1.54, 1.807) is 12.1 Å². The minimum Gasteiger partial charge on any atom is -0.465 e. The number of Topliss-reactive ketones (excluding diaryl/α,β-unsaturated/α-hetero) is 1. The SMILES string of the molecule is CC(=O)c1cc(S(=O)(=O)N(C)CCc2ccc(F)cc2)c(NC(=O)O)s1. The third-order valence-electron chi connectivity index (χ3n) is 3.58. The fraction of sp³-hybridized carbons (Fsp3) is 0.250. The summed E-state index contributed by atoms with van der Waals surface area (Å²) in [7, 11) is -2.66. The normalized spacial score (nSPS) is 11.5. The highest BCUT2D eigenvalue weighted by Crippen LogP contribution is 2.33. The summed E-state index contributed by atoms with van der Waals surface area (Å²) in [6, 6.07) is 6.87. The molecule has 7 nitrogen and oxygen atoms in total. The Kier molecular flexibility index (Phi) is 6.11. The smallest absolute Gasteiger partial charge is 0.409 e. The highest BCUT2D eigenvalue weighted by Gasteiger charge is 2.28. The molecule has 2 N–H and O–H groups in total. The second-order valence-electron chi connectivity index (χ2n) is 5.49. The third-order valence-corrected chi connectivity index (χ3v) is 6.74. The van der Waals surface area contributed by atoms with Crippen molar-refractivity contribution in [1.82, 2.24) is 4.31 Å². The van der Waals surface area contributed by atoms with Crippen LogP contribution in [0.3, 0.4) is 0 Å². The zero-order chi connectivity index (χ0) is 19.5. The van der Waals surface area contributed by atoms with Crippen molar-refractivity contribution in [3.63, 3.8) is 0 Å². The number of carboxylic acid groups (broad SMARTS) is 1. The van der Waals surface area contributed by atoms with Gasteiger partial charge in [-0.15, -0.1) is 11.3 Å². The molecule has 1 amide bonds. The van der Waals surface area contributed by atoms with Crippen molar-refractivity contribution in [1.29, 1.82) is 0 Å². The minimum atomic E-state index is -4.01. The summed E-state index contributed by atoms with van der Waals surface area (Å²) in [5, 5.41) is 10.8. The van der Waals surface area contributed by atoms with E-state index >= 15 is 0 Å². The largest absolute Gasteiger partial charge is 0.465 e. The molecular formula is C16H17FN2O5S2. The Morgan fingerprint density at radius 2 is 1.88 bits per heavy atom. The van der Waals surface area contributed by atoms with Gasteiger partial charge in [-0.25, -0.2) is 21.9 Å². The lowest BCUT2D eigenvalue weighted by atomic mass is 10.1. The number of anilines is 1. The predicted molar refractivity (Wildman–Crippen MR) is 95.9 cm³/mol. The minimum absolute atomic E-state index is 0.103. The maximum Gasteiger partial charge on any atom is 0.409 e. The number of hydrogen-bond donors (Lipinski definition) is 2. The van der Waals surface area contributed by atoms with Crippen LogP contribution in [0.5, 0.6) is 0 Å². The molecule has 1 heterocycles. The van der Waals surface area contributed by atoms with Crippen LogP contribution in [0.25, 0.3) is 0 Å². The second kappa shape index (κ2) is 7.94. The number of nitrogens with zero attached hydrogens (tertiary/aromatic N) is 1. The summed E-state index contributed by atoms with van der Waals surface area (Å²) in [6.07, 6.45) is -1.08. The summed E-state index contributed by atoms with van der Waals surface area (Å²) in [5.74, 6) is -0.743. The number of nitrogens with one attached hydrogen (secondary N) is 1. The Balaban J connectivity index is 2.25. The Hall–Kier alpha value is -2.30. The van der Waals surface area contributed by atoms with Crippen LogP contribution in [0.15, 0.2) is 35.2 Å². The van der Waals surface area contributed by atoms with Gasteiger partial charge in [0.2, 0.25) is 10.0 Å². The molecule has 10 heteroatoms. The van der Waals surface area contributed by atoms with E-state index in [1.165, 1.54) is 32.2 Å². The standard InChI is InChI=1S/C16H17FN2O5S2/c1-10(20)13-9-14(15(25-13)18-16(21)22)26(23,24)19(2)8-7-11-3-5-12(17)6-4-11/h3-6,9,18H,7-8H2,1-2H3,(H,21,22). The summed E-state index contributed by atoms with van der Waals surface area (Å²) >= 11 is 0.767. The van der Waals surface area contributed by atoms with Crippen molar-refractivity contribution < 1.29 is 27.5 Å². The lowest BCUT2D eigenvalue weighted by Gasteiger charge is -2.17. The van der Waals surface area contributed by atoms with Gasteiger partial charge >= 0.3 is 6.09 Å². The number of benzene rings is 1. The molecule has 26 heavy (non-hydrogen) atoms. The van der Waals surface area contributed by atoms with Crippen LogP contribution in [0.2, 0.25) is 0 Å². The number of thiophene rings is 1. The number of likely N-dealkylation sites (N-methyl/N-ethyl adjacent to an activating group) is 1. The fourth-order valence-corrected chi connectivity index (χ4v) is 4.72. The van der Waals surface area contributed by atoms with E-state index in [-0.39, 0.29) is 32.9 Å². The number of halogens is 1. The van der Waals surface area contributed by atoms with Gasteiger partial charge in [-0.05, 0) is 37.1 Å². The average Bonchev–Trinajstić information content (AvgIpc) is 2.98. The van der Waals surface area contributed by atoms with Crippen LogP contribution in [0, 0.1) is 5.82 Å². The first kappa shape index (κ1) is 20.0. The number of carbonyl (C=O) groups is 2. The number of ketones is 1. The topological polar surface area (TPSA) is 104 Å². The second-order valence-corrected chi connectivity index (χ2v) is 8.56. The van der Waals surface area contributed by atoms with E-state index in [2.05, 4.69) is 0 Å². The molecule has 0 fully saturated rings. The zero-order valence-corrected chi connectivity index (χ0v) is 15.7. The van der Waals surface area contributed by atoms with Gasteiger partial charge in [-0.2, -0.15) is 0 Å². The van der Waals surface area contributed by atoms with E-state index in [0.29, 0.717) is 6.42 Å². The number of hydrogen-bond acceptors (Lipinski definition) is 5. The molecule has 0 spiro atoms. The van der Waals surface area contributed by atoms with Gasteiger partial charge in [0, 0.05) is 13.6 Å². The van der Waals surface area contributed by atoms with Gasteiger partial charge in [0.15, 0.2) is 5.78 Å². The molecule has 0 aliphatic carbocycles. The van der Waals surface area contributed by atoms with Crippen LogP contribution in [-0.2, 0) is 16.4 Å². The molecule has 0 atom stereocenters. The van der Waals surface area contributed by atoms with Crippen molar-refractivity contribution in [3.8, 4) is 0 Å². The first-order valence-electron chi connectivity index (χ1n) is 7.46. The summed E-state index contributed by atoms with van der Waals surface area (Å²) in [5.41, 5.74) is 0.757. The van der Waals surface area contributed by atoms with Gasteiger partial charge in [-0.1, -0.05) is 12.1 Å². The highest BCUT2D eigenvalue weighted by molar-refractivity contribution is 7.89. The first-order valence-corrected chi connectivity index (χ1v) is 9.72. The van der Waals surface area contributed by atoms with Gasteiger partial charge in [-0.3, -0.25) is 10.1 Å². The van der Waals surface area contributed by atoms with Gasteiger partial charge in [0.05, 0.1) is 4.88 Å². The zero-order valence-electron chi connectivity index (χ0n) is 14.0. The lowest BCUT2D eigenvalue weighted by Crippen LogP contribution is -2.29. The maximum atomic E-state index is 12.9. The molecular weight excluding hydrogens is 383 g/mol. The molecule has 1 aromatic heterocycles. The summed E-state index contributed by atoms with van der Waals surface area (Å²) < 4.78 is 39.5. The van der Waals surface area contributed by atoms with Crippen LogP contribution < -0.4 is 5.32 Å². The molecule has 0 aliphatic rings. The molecule has 0 radical (unpaired) electrons. The number of rotatable bonds is 7. The van der Waals surface area contributed by atoms with Crippen molar-refractivity contribution >= 4 is 38.2 Å². The monoisotopic (exact) mass is 400 g/mol. The average molecular weight is 400 g/mol. The van der Waals surface area contributed by atoms with Gasteiger partial charge in [0.1, 0.15) is 15.7 Å². The van der Waals surface area contributed by atoms with Crippen LogP contribution in [0.4, 0.5) is 14.2 Å². The Morgan fingerprint density at radius 3 is 2.42 bits per heavy atom. The molecule has 0 saturated carbocycles. The van der Waals surface area contributed by atoms with Crippen molar-refractivity contribution in [2.45, 2.75) is 18.2 Å². The Morgan fingerprint density at radius 1 is 1.27 bits per heavy atom. The van der Waals surface area contributed by atoms with Gasteiger partial charge in [0.25, 0.3) is 0 Å². The molecule has 2 aromatic rings. The van der Waals surface area contributed by atoms with E-state index in [1.807, 2.05) is 5.32 Å². The molecule has 0 unspecified atom stereocenters. The summed E-state index contributed by atoms with van der Waals surface area (Å²) in [6.45, 7) is 1.37. The van der Waals surface area contributed by atoms with Crippen molar-refractivity contribution in [3.05, 3.63) is 46.6 Å². The molecule has 0 saturated heterocycles.